The summed E-state index contributed by atoms with van der Waals surface area (Å²) in [6, 6.07) is -0.843. The summed E-state index contributed by atoms with van der Waals surface area (Å²) in [7, 11) is 5.29. The number of methoxy groups -OCH3 is 1. The van der Waals surface area contributed by atoms with Crippen molar-refractivity contribution in [1.82, 2.24) is 10.2 Å². The van der Waals surface area contributed by atoms with Crippen LogP contribution >= 0.6 is 0 Å². The number of aliphatic hydroxyl groups is 5. The van der Waals surface area contributed by atoms with Gasteiger partial charge in [0.1, 0.15) is 30.0 Å². The molecule has 0 spiro atoms. The molecule has 53 heavy (non-hydrogen) atoms. The minimum absolute atomic E-state index is 0.139. The van der Waals surface area contributed by atoms with E-state index in [1.807, 2.05) is 39.8 Å². The van der Waals surface area contributed by atoms with Gasteiger partial charge in [-0.15, -0.1) is 0 Å². The number of nitrogens with one attached hydrogen (secondary N) is 1. The normalized spacial score (nSPS) is 50.2. The van der Waals surface area contributed by atoms with E-state index in [9.17, 15) is 30.3 Å². The third-order valence-electron chi connectivity index (χ3n) is 12.8. The molecule has 0 unspecified atom stereocenters. The summed E-state index contributed by atoms with van der Waals surface area (Å²) in [5.41, 5.74) is -4.35. The van der Waals surface area contributed by atoms with Crippen LogP contribution in [0.4, 0.5) is 0 Å². The van der Waals surface area contributed by atoms with E-state index in [0.717, 1.165) is 19.3 Å². The van der Waals surface area contributed by atoms with Gasteiger partial charge in [0, 0.05) is 31.5 Å². The highest BCUT2D eigenvalue weighted by molar-refractivity contribution is 5.73. The summed E-state index contributed by atoms with van der Waals surface area (Å²) in [5.74, 6) is -2.68. The van der Waals surface area contributed by atoms with Gasteiger partial charge in [-0.1, -0.05) is 20.3 Å². The lowest BCUT2D eigenvalue weighted by atomic mass is 9.72. The summed E-state index contributed by atoms with van der Waals surface area (Å²) in [6.45, 7) is 16.3. The average molecular weight is 761 g/mol. The number of likely N-dealkylation sites (N-methyl/N-ethyl adjacent to an activating group) is 1. The van der Waals surface area contributed by atoms with Crippen molar-refractivity contribution >= 4 is 5.97 Å². The molecule has 0 radical (unpaired) electrons. The van der Waals surface area contributed by atoms with Crippen molar-refractivity contribution in [1.29, 1.82) is 0 Å². The largest absolute Gasteiger partial charge is 0.459 e. The van der Waals surface area contributed by atoms with Gasteiger partial charge < -0.3 is 64.2 Å². The molecule has 0 aromatic carbocycles. The van der Waals surface area contributed by atoms with E-state index in [1.54, 1.807) is 34.6 Å². The standard InChI is InChI=1S/C39H72N2O12/c1-20-17-37(7,46)33(53-36-29(42)27(41(10)11)16-21(2)49-36)22(3)30(51-28-18-38(8,48-12)32(44)25(6)50-28)23(4)35(45)52-34(26-14-13-15-26)39(9,47)31(43)24(5)40-19-20/h20-34,36,40,42-44,46-47H,13-19H2,1-12H3/t20-,21-,22+,23-,24-,25+,27+,28+,29-,30+,31-,32+,33-,34-,36+,37+,38-,39+/m1/s1. The fourth-order valence-corrected chi connectivity index (χ4v) is 9.14. The highest BCUT2D eigenvalue weighted by atomic mass is 16.7. The fourth-order valence-electron chi connectivity index (χ4n) is 9.14. The molecule has 3 heterocycles. The Kier molecular flexibility index (Phi) is 14.9. The van der Waals surface area contributed by atoms with Crippen molar-refractivity contribution in [3.8, 4) is 0 Å². The number of esters is 1. The first-order valence-corrected chi connectivity index (χ1v) is 19.8. The molecule has 4 fully saturated rings. The molecule has 18 atom stereocenters. The van der Waals surface area contributed by atoms with E-state index in [2.05, 4.69) is 5.32 Å². The molecule has 4 aliphatic rings. The Morgan fingerprint density at radius 3 is 2.11 bits per heavy atom. The molecule has 6 N–H and O–H groups in total. The quantitative estimate of drug-likeness (QED) is 0.207. The lowest BCUT2D eigenvalue weighted by Crippen LogP contribution is -2.61. The molecular weight excluding hydrogens is 688 g/mol. The first-order valence-electron chi connectivity index (χ1n) is 19.8. The zero-order valence-electron chi connectivity index (χ0n) is 34.2. The van der Waals surface area contributed by atoms with E-state index in [-0.39, 0.29) is 36.8 Å². The van der Waals surface area contributed by atoms with Crippen molar-refractivity contribution in [2.24, 2.45) is 23.7 Å². The van der Waals surface area contributed by atoms with Gasteiger partial charge >= 0.3 is 5.97 Å². The van der Waals surface area contributed by atoms with Gasteiger partial charge in [-0.2, -0.15) is 0 Å². The van der Waals surface area contributed by atoms with Gasteiger partial charge in [0.2, 0.25) is 0 Å². The monoisotopic (exact) mass is 761 g/mol. The van der Waals surface area contributed by atoms with Gasteiger partial charge in [-0.05, 0) is 107 Å². The summed E-state index contributed by atoms with van der Waals surface area (Å²) in [4.78, 5) is 16.3. The van der Waals surface area contributed by atoms with Crippen molar-refractivity contribution in [2.75, 3.05) is 27.7 Å². The molecule has 1 saturated carbocycles. The molecule has 310 valence electrons. The molecule has 14 heteroatoms. The van der Waals surface area contributed by atoms with Crippen LogP contribution < -0.4 is 5.32 Å². The Bertz CT molecular complexity index is 1190. The Hall–Kier alpha value is -1.01. The lowest BCUT2D eigenvalue weighted by Gasteiger charge is -2.49. The van der Waals surface area contributed by atoms with Crippen LogP contribution in [0.3, 0.4) is 0 Å². The van der Waals surface area contributed by atoms with E-state index >= 15 is 0 Å². The molecule has 0 aromatic rings. The minimum Gasteiger partial charge on any atom is -0.459 e. The number of rotatable bonds is 7. The second kappa shape index (κ2) is 17.6. The predicted octanol–water partition coefficient (Wildman–Crippen LogP) is 1.95. The fraction of sp³-hybridized carbons (Fsp3) is 0.974. The van der Waals surface area contributed by atoms with Crippen LogP contribution in [0, 0.1) is 23.7 Å². The molecule has 0 amide bonds. The first kappa shape index (κ1) is 44.7. The van der Waals surface area contributed by atoms with Crippen molar-refractivity contribution in [3.63, 3.8) is 0 Å². The zero-order valence-corrected chi connectivity index (χ0v) is 34.2. The maximum Gasteiger partial charge on any atom is 0.311 e. The van der Waals surface area contributed by atoms with Crippen LogP contribution in [0.1, 0.15) is 101 Å². The van der Waals surface area contributed by atoms with Gasteiger partial charge in [-0.3, -0.25) is 4.79 Å². The molecule has 3 aliphatic heterocycles. The number of nitrogens with zero attached hydrogens (tertiary/aromatic N) is 1. The second-order valence-electron chi connectivity index (χ2n) is 17.9. The number of aliphatic hydroxyl groups excluding tert-OH is 3. The number of hydrogen-bond donors (Lipinski definition) is 6. The molecular formula is C39H72N2O12. The molecule has 0 bridgehead atoms. The van der Waals surface area contributed by atoms with Gasteiger partial charge in [0.25, 0.3) is 0 Å². The Morgan fingerprint density at radius 1 is 0.906 bits per heavy atom. The maximum absolute atomic E-state index is 14.4. The van der Waals surface area contributed by atoms with Crippen LogP contribution in [-0.2, 0) is 33.2 Å². The Labute approximate surface area is 317 Å². The van der Waals surface area contributed by atoms with Gasteiger partial charge in [0.15, 0.2) is 12.6 Å². The average Bonchev–Trinajstić information content (AvgIpc) is 3.05. The molecule has 0 aromatic heterocycles. The highest BCUT2D eigenvalue weighted by Gasteiger charge is 2.54. The van der Waals surface area contributed by atoms with E-state index in [1.165, 1.54) is 14.0 Å². The summed E-state index contributed by atoms with van der Waals surface area (Å²) >= 11 is 0. The van der Waals surface area contributed by atoms with Crippen molar-refractivity contribution in [3.05, 3.63) is 0 Å². The van der Waals surface area contributed by atoms with E-state index in [4.69, 9.17) is 28.4 Å². The molecule has 4 rings (SSSR count). The smallest absolute Gasteiger partial charge is 0.311 e. The summed E-state index contributed by atoms with van der Waals surface area (Å²) in [5, 5.41) is 61.8. The second-order valence-corrected chi connectivity index (χ2v) is 17.9. The Balaban J connectivity index is 1.81. The van der Waals surface area contributed by atoms with E-state index in [0.29, 0.717) is 13.0 Å². The zero-order chi connectivity index (χ0) is 39.8. The summed E-state index contributed by atoms with van der Waals surface area (Å²) < 4.78 is 37.9. The third kappa shape index (κ3) is 9.93. The van der Waals surface area contributed by atoms with Crippen LogP contribution in [0.2, 0.25) is 0 Å². The van der Waals surface area contributed by atoms with Gasteiger partial charge in [-0.25, -0.2) is 0 Å². The van der Waals surface area contributed by atoms with Crippen molar-refractivity contribution < 1.29 is 58.7 Å². The Morgan fingerprint density at radius 2 is 1.55 bits per heavy atom. The number of cyclic esters (lactones) is 1. The lowest BCUT2D eigenvalue weighted by molar-refractivity contribution is -0.318. The SMILES string of the molecule is CO[C@]1(C)C[C@H](O[C@H]2[C@H](C)[C@@H](O[C@@H]3O[C@H](C)C[C@H](N(C)C)[C@H]3O)[C@@](C)(O)C[C@@H](C)CN[C@H](C)[C@@H](O)[C@](C)(O)[C@@H](C3CCC3)OC(=O)[C@@H]2C)O[C@@H](C)[C@@H]1O. The number of carbonyl (C=O) groups is 1. The van der Waals surface area contributed by atoms with Crippen LogP contribution in [0.5, 0.6) is 0 Å². The predicted molar refractivity (Wildman–Crippen MR) is 197 cm³/mol. The topological polar surface area (TPSA) is 189 Å². The number of hydrogen-bond acceptors (Lipinski definition) is 14. The number of ether oxygens (including phenoxy) is 6. The third-order valence-corrected chi connectivity index (χ3v) is 12.8. The van der Waals surface area contributed by atoms with Gasteiger partial charge in [0.05, 0.1) is 41.5 Å². The summed E-state index contributed by atoms with van der Waals surface area (Å²) in [6.07, 6.45) is -5.90. The van der Waals surface area contributed by atoms with Crippen molar-refractivity contribution in [2.45, 2.75) is 191 Å². The number of carbonyl (C=O) groups excluding carboxylic acids is 1. The molecule has 1 aliphatic carbocycles. The van der Waals surface area contributed by atoms with E-state index < -0.39 is 96.0 Å². The highest BCUT2D eigenvalue weighted by Crippen LogP contribution is 2.42. The maximum atomic E-state index is 14.4. The minimum atomic E-state index is -1.78. The van der Waals surface area contributed by atoms with Crippen LogP contribution in [0.25, 0.3) is 0 Å². The molecule has 3 saturated heterocycles. The van der Waals surface area contributed by atoms with Crippen LogP contribution in [-0.4, -0.2) is 154 Å². The first-order chi connectivity index (χ1) is 24.5. The molecule has 14 nitrogen and oxygen atoms in total. The van der Waals surface area contributed by atoms with Crippen LogP contribution in [0.15, 0.2) is 0 Å².